The zero-order valence-electron chi connectivity index (χ0n) is 9.12. The smallest absolute Gasteiger partial charge is 0.306 e. The predicted molar refractivity (Wildman–Crippen MR) is 56.4 cm³/mol. The van der Waals surface area contributed by atoms with Gasteiger partial charge in [-0.1, -0.05) is 19.9 Å². The van der Waals surface area contributed by atoms with Crippen LogP contribution in [0.1, 0.15) is 30.9 Å². The number of benzene rings is 1. The van der Waals surface area contributed by atoms with Crippen molar-refractivity contribution in [2.24, 2.45) is 5.92 Å². The summed E-state index contributed by atoms with van der Waals surface area (Å²) in [7, 11) is 0. The third-order valence-electron chi connectivity index (χ3n) is 2.86. The predicted octanol–water partition coefficient (Wildman–Crippen LogP) is 2.96. The Labute approximate surface area is 88.7 Å². The van der Waals surface area contributed by atoms with Crippen LogP contribution in [0, 0.1) is 18.7 Å². The lowest BCUT2D eigenvalue weighted by Crippen LogP contribution is -2.17. The minimum absolute atomic E-state index is 0.108. The highest BCUT2D eigenvalue weighted by Gasteiger charge is 2.22. The van der Waals surface area contributed by atoms with Gasteiger partial charge >= 0.3 is 5.97 Å². The molecule has 2 atom stereocenters. The summed E-state index contributed by atoms with van der Waals surface area (Å²) < 4.78 is 12.9. The number of carboxylic acid groups (broad SMARTS) is 1. The van der Waals surface area contributed by atoms with Crippen LogP contribution in [0.25, 0.3) is 0 Å². The average molecular weight is 210 g/mol. The number of rotatable bonds is 3. The van der Waals surface area contributed by atoms with Crippen LogP contribution in [0.3, 0.4) is 0 Å². The summed E-state index contributed by atoms with van der Waals surface area (Å²) >= 11 is 0. The number of aryl methyl sites for hydroxylation is 1. The molecule has 0 heterocycles. The van der Waals surface area contributed by atoms with Gasteiger partial charge in [0.05, 0.1) is 5.92 Å². The van der Waals surface area contributed by atoms with Gasteiger partial charge in [-0.3, -0.25) is 4.79 Å². The summed E-state index contributed by atoms with van der Waals surface area (Å²) in [6.45, 7) is 5.30. The van der Waals surface area contributed by atoms with E-state index in [1.807, 2.05) is 6.92 Å². The first kappa shape index (κ1) is 11.7. The first-order chi connectivity index (χ1) is 6.93. The van der Waals surface area contributed by atoms with E-state index in [1.165, 1.54) is 12.1 Å². The topological polar surface area (TPSA) is 37.3 Å². The number of carbonyl (C=O) groups is 1. The Morgan fingerprint density at radius 2 is 2.00 bits per heavy atom. The van der Waals surface area contributed by atoms with Crippen LogP contribution in [0.2, 0.25) is 0 Å². The average Bonchev–Trinajstić information content (AvgIpc) is 2.15. The lowest BCUT2D eigenvalue weighted by Gasteiger charge is -2.18. The highest BCUT2D eigenvalue weighted by molar-refractivity contribution is 5.71. The standard InChI is InChI=1S/C12H15FO2/c1-7-6-10(13)4-5-11(7)8(2)9(3)12(14)15/h4-6,8-9H,1-3H3,(H,14,15). The Balaban J connectivity index is 3.01. The van der Waals surface area contributed by atoms with Crippen molar-refractivity contribution in [1.29, 1.82) is 0 Å². The number of aliphatic carboxylic acids is 1. The van der Waals surface area contributed by atoms with Gasteiger partial charge in [-0.15, -0.1) is 0 Å². The first-order valence-electron chi connectivity index (χ1n) is 4.92. The van der Waals surface area contributed by atoms with Crippen molar-refractivity contribution in [2.75, 3.05) is 0 Å². The maximum absolute atomic E-state index is 12.9. The molecule has 0 fully saturated rings. The third kappa shape index (κ3) is 2.55. The molecule has 0 saturated carbocycles. The minimum Gasteiger partial charge on any atom is -0.481 e. The molecular formula is C12H15FO2. The highest BCUT2D eigenvalue weighted by atomic mass is 19.1. The number of carboxylic acids is 1. The molecule has 3 heteroatoms. The Morgan fingerprint density at radius 1 is 1.40 bits per heavy atom. The molecule has 0 spiro atoms. The van der Waals surface area contributed by atoms with Gasteiger partial charge in [0.15, 0.2) is 0 Å². The van der Waals surface area contributed by atoms with Gasteiger partial charge in [-0.25, -0.2) is 4.39 Å². The van der Waals surface area contributed by atoms with E-state index in [0.29, 0.717) is 0 Å². The lowest BCUT2D eigenvalue weighted by molar-refractivity contribution is -0.141. The van der Waals surface area contributed by atoms with Crippen molar-refractivity contribution >= 4 is 5.97 Å². The Morgan fingerprint density at radius 3 is 2.47 bits per heavy atom. The molecule has 0 aliphatic rings. The molecule has 1 rings (SSSR count). The second-order valence-corrected chi connectivity index (χ2v) is 3.92. The fourth-order valence-electron chi connectivity index (χ4n) is 1.63. The van der Waals surface area contributed by atoms with E-state index < -0.39 is 11.9 Å². The van der Waals surface area contributed by atoms with Crippen LogP contribution in [-0.4, -0.2) is 11.1 Å². The zero-order valence-corrected chi connectivity index (χ0v) is 9.12. The van der Waals surface area contributed by atoms with E-state index in [4.69, 9.17) is 5.11 Å². The van der Waals surface area contributed by atoms with E-state index >= 15 is 0 Å². The molecule has 0 radical (unpaired) electrons. The fraction of sp³-hybridized carbons (Fsp3) is 0.417. The normalized spacial score (nSPS) is 14.7. The van der Waals surface area contributed by atoms with E-state index in [2.05, 4.69) is 0 Å². The van der Waals surface area contributed by atoms with E-state index in [1.54, 1.807) is 19.9 Å². The van der Waals surface area contributed by atoms with Crippen molar-refractivity contribution in [3.05, 3.63) is 35.1 Å². The summed E-state index contributed by atoms with van der Waals surface area (Å²) in [5, 5.41) is 8.89. The van der Waals surface area contributed by atoms with Crippen molar-refractivity contribution in [3.63, 3.8) is 0 Å². The lowest BCUT2D eigenvalue weighted by atomic mass is 9.86. The van der Waals surface area contributed by atoms with E-state index in [-0.39, 0.29) is 11.7 Å². The van der Waals surface area contributed by atoms with Crippen molar-refractivity contribution in [1.82, 2.24) is 0 Å². The summed E-state index contributed by atoms with van der Waals surface area (Å²) in [4.78, 5) is 10.8. The molecule has 1 N–H and O–H groups in total. The molecule has 2 unspecified atom stereocenters. The zero-order chi connectivity index (χ0) is 11.6. The summed E-state index contributed by atoms with van der Waals surface area (Å²) in [5.74, 6) is -1.69. The maximum Gasteiger partial charge on any atom is 0.306 e. The summed E-state index contributed by atoms with van der Waals surface area (Å²) in [6.07, 6.45) is 0. The van der Waals surface area contributed by atoms with E-state index in [0.717, 1.165) is 11.1 Å². The van der Waals surface area contributed by atoms with Crippen LogP contribution in [-0.2, 0) is 4.79 Å². The molecule has 2 nitrogen and oxygen atoms in total. The fourth-order valence-corrected chi connectivity index (χ4v) is 1.63. The van der Waals surface area contributed by atoms with Gasteiger partial charge in [-0.05, 0) is 36.1 Å². The number of hydrogen-bond donors (Lipinski definition) is 1. The monoisotopic (exact) mass is 210 g/mol. The summed E-state index contributed by atoms with van der Waals surface area (Å²) in [5.41, 5.74) is 1.70. The SMILES string of the molecule is Cc1cc(F)ccc1C(C)C(C)C(=O)O. The molecule has 0 aliphatic carbocycles. The Hall–Kier alpha value is -1.38. The number of halogens is 1. The van der Waals surface area contributed by atoms with Crippen LogP contribution in [0.15, 0.2) is 18.2 Å². The molecule has 0 aliphatic heterocycles. The highest BCUT2D eigenvalue weighted by Crippen LogP contribution is 2.27. The molecule has 0 amide bonds. The second-order valence-electron chi connectivity index (χ2n) is 3.92. The molecule has 0 aromatic heterocycles. The van der Waals surface area contributed by atoms with Gasteiger partial charge in [0.2, 0.25) is 0 Å². The van der Waals surface area contributed by atoms with Crippen LogP contribution in [0.4, 0.5) is 4.39 Å². The van der Waals surface area contributed by atoms with Gasteiger partial charge in [0.1, 0.15) is 5.82 Å². The van der Waals surface area contributed by atoms with Crippen LogP contribution >= 0.6 is 0 Å². The minimum atomic E-state index is -0.828. The molecule has 15 heavy (non-hydrogen) atoms. The molecule has 1 aromatic rings. The van der Waals surface area contributed by atoms with Crippen LogP contribution < -0.4 is 0 Å². The van der Waals surface area contributed by atoms with Gasteiger partial charge in [0.25, 0.3) is 0 Å². The largest absolute Gasteiger partial charge is 0.481 e. The van der Waals surface area contributed by atoms with E-state index in [9.17, 15) is 9.18 Å². The second kappa shape index (κ2) is 4.43. The molecule has 82 valence electrons. The van der Waals surface area contributed by atoms with Gasteiger partial charge < -0.3 is 5.11 Å². The number of hydrogen-bond acceptors (Lipinski definition) is 1. The van der Waals surface area contributed by atoms with Crippen LogP contribution in [0.5, 0.6) is 0 Å². The first-order valence-corrected chi connectivity index (χ1v) is 4.92. The summed E-state index contributed by atoms with van der Waals surface area (Å²) in [6, 6.07) is 4.46. The van der Waals surface area contributed by atoms with Crippen molar-refractivity contribution in [3.8, 4) is 0 Å². The maximum atomic E-state index is 12.9. The molecule has 0 saturated heterocycles. The molecule has 0 bridgehead atoms. The molecular weight excluding hydrogens is 195 g/mol. The third-order valence-corrected chi connectivity index (χ3v) is 2.86. The Kier molecular flexibility index (Phi) is 3.45. The quantitative estimate of drug-likeness (QED) is 0.832. The van der Waals surface area contributed by atoms with Crippen molar-refractivity contribution in [2.45, 2.75) is 26.7 Å². The van der Waals surface area contributed by atoms with Crippen molar-refractivity contribution < 1.29 is 14.3 Å². The molecule has 1 aromatic carbocycles. The van der Waals surface area contributed by atoms with Gasteiger partial charge in [0, 0.05) is 0 Å². The Bertz CT molecular complexity index is 374. The van der Waals surface area contributed by atoms with Gasteiger partial charge in [-0.2, -0.15) is 0 Å².